The quantitative estimate of drug-likeness (QED) is 0.677. The maximum atomic E-state index is 13.0. The van der Waals surface area contributed by atoms with Gasteiger partial charge < -0.3 is 9.47 Å². The van der Waals surface area contributed by atoms with Crippen molar-refractivity contribution in [2.75, 3.05) is 13.9 Å². The van der Waals surface area contributed by atoms with E-state index >= 15 is 0 Å². The van der Waals surface area contributed by atoms with Gasteiger partial charge in [-0.25, -0.2) is 8.78 Å². The van der Waals surface area contributed by atoms with E-state index in [1.165, 1.54) is 14.0 Å². The van der Waals surface area contributed by atoms with Gasteiger partial charge in [-0.2, -0.15) is 0 Å². The molecule has 0 spiro atoms. The third kappa shape index (κ3) is 2.15. The second kappa shape index (κ2) is 4.18. The number of benzene rings is 1. The molecule has 0 atom stereocenters. The first-order chi connectivity index (χ1) is 6.16. The standard InChI is InChI=1S/C9H10F2O2/c1-6-7(10)3-4-8(11)9(6)13-5-12-2/h3-4H,5H2,1-2H3. The highest BCUT2D eigenvalue weighted by atomic mass is 19.1. The highest BCUT2D eigenvalue weighted by molar-refractivity contribution is 5.34. The number of hydrogen-bond donors (Lipinski definition) is 0. The lowest BCUT2D eigenvalue weighted by Crippen LogP contribution is -2.03. The van der Waals surface area contributed by atoms with E-state index < -0.39 is 11.6 Å². The number of ether oxygens (including phenoxy) is 2. The number of methoxy groups -OCH3 is 1. The number of halogens is 2. The van der Waals surface area contributed by atoms with Crippen molar-refractivity contribution in [1.29, 1.82) is 0 Å². The molecule has 0 bridgehead atoms. The molecule has 0 saturated heterocycles. The van der Waals surface area contributed by atoms with E-state index in [1.807, 2.05) is 0 Å². The fourth-order valence-corrected chi connectivity index (χ4v) is 0.930. The normalized spacial score (nSPS) is 10.2. The third-order valence-corrected chi connectivity index (χ3v) is 1.61. The van der Waals surface area contributed by atoms with Gasteiger partial charge in [0.25, 0.3) is 0 Å². The molecular formula is C9H10F2O2. The van der Waals surface area contributed by atoms with Crippen LogP contribution in [0.5, 0.6) is 5.75 Å². The van der Waals surface area contributed by atoms with Crippen LogP contribution in [0.3, 0.4) is 0 Å². The van der Waals surface area contributed by atoms with Crippen molar-refractivity contribution in [3.8, 4) is 5.75 Å². The van der Waals surface area contributed by atoms with E-state index in [0.29, 0.717) is 0 Å². The van der Waals surface area contributed by atoms with Crippen LogP contribution < -0.4 is 4.74 Å². The molecule has 72 valence electrons. The Balaban J connectivity index is 2.96. The molecule has 0 unspecified atom stereocenters. The van der Waals surface area contributed by atoms with Gasteiger partial charge in [-0.05, 0) is 19.1 Å². The van der Waals surface area contributed by atoms with Crippen molar-refractivity contribution in [3.05, 3.63) is 29.3 Å². The van der Waals surface area contributed by atoms with Crippen LogP contribution in [0.15, 0.2) is 12.1 Å². The van der Waals surface area contributed by atoms with Crippen LogP contribution in [-0.2, 0) is 4.74 Å². The Morgan fingerprint density at radius 3 is 2.46 bits per heavy atom. The van der Waals surface area contributed by atoms with Crippen LogP contribution in [0.4, 0.5) is 8.78 Å². The van der Waals surface area contributed by atoms with Crippen LogP contribution in [0, 0.1) is 18.6 Å². The SMILES string of the molecule is COCOc1c(F)ccc(F)c1C. The van der Waals surface area contributed by atoms with E-state index in [1.54, 1.807) is 0 Å². The van der Waals surface area contributed by atoms with Gasteiger partial charge >= 0.3 is 0 Å². The summed E-state index contributed by atoms with van der Waals surface area (Å²) >= 11 is 0. The average Bonchev–Trinajstić information content (AvgIpc) is 2.12. The number of hydrogen-bond acceptors (Lipinski definition) is 2. The zero-order chi connectivity index (χ0) is 9.84. The first-order valence-corrected chi connectivity index (χ1v) is 3.73. The lowest BCUT2D eigenvalue weighted by molar-refractivity contribution is 0.0475. The molecule has 2 nitrogen and oxygen atoms in total. The summed E-state index contributed by atoms with van der Waals surface area (Å²) in [7, 11) is 1.41. The van der Waals surface area contributed by atoms with Gasteiger partial charge in [0.2, 0.25) is 0 Å². The molecule has 0 aliphatic carbocycles. The predicted molar refractivity (Wildman–Crippen MR) is 43.6 cm³/mol. The minimum Gasteiger partial charge on any atom is -0.464 e. The molecule has 13 heavy (non-hydrogen) atoms. The summed E-state index contributed by atoms with van der Waals surface area (Å²) in [4.78, 5) is 0. The molecule has 0 aliphatic rings. The third-order valence-electron chi connectivity index (χ3n) is 1.61. The summed E-state index contributed by atoms with van der Waals surface area (Å²) < 4.78 is 35.4. The van der Waals surface area contributed by atoms with Crippen LogP contribution >= 0.6 is 0 Å². The van der Waals surface area contributed by atoms with Crippen LogP contribution in [0.1, 0.15) is 5.56 Å². The zero-order valence-corrected chi connectivity index (χ0v) is 7.43. The fraction of sp³-hybridized carbons (Fsp3) is 0.333. The molecule has 4 heteroatoms. The summed E-state index contributed by atoms with van der Waals surface area (Å²) in [6.45, 7) is 1.35. The summed E-state index contributed by atoms with van der Waals surface area (Å²) in [5.41, 5.74) is 0.150. The Morgan fingerprint density at radius 1 is 1.23 bits per heavy atom. The van der Waals surface area contributed by atoms with Crippen molar-refractivity contribution in [3.63, 3.8) is 0 Å². The van der Waals surface area contributed by atoms with Crippen molar-refractivity contribution in [2.24, 2.45) is 0 Å². The molecular weight excluding hydrogens is 178 g/mol. The molecule has 0 amide bonds. The highest BCUT2D eigenvalue weighted by Crippen LogP contribution is 2.24. The topological polar surface area (TPSA) is 18.5 Å². The number of rotatable bonds is 3. The van der Waals surface area contributed by atoms with E-state index in [4.69, 9.17) is 4.74 Å². The molecule has 0 saturated carbocycles. The summed E-state index contributed by atoms with van der Waals surface area (Å²) in [5, 5.41) is 0. The maximum absolute atomic E-state index is 13.0. The second-order valence-corrected chi connectivity index (χ2v) is 2.53. The van der Waals surface area contributed by atoms with E-state index in [0.717, 1.165) is 12.1 Å². The summed E-state index contributed by atoms with van der Waals surface area (Å²) in [6, 6.07) is 2.08. The second-order valence-electron chi connectivity index (χ2n) is 2.53. The van der Waals surface area contributed by atoms with E-state index in [2.05, 4.69) is 4.74 Å². The van der Waals surface area contributed by atoms with Crippen molar-refractivity contribution in [2.45, 2.75) is 6.92 Å². The predicted octanol–water partition coefficient (Wildman–Crippen LogP) is 2.26. The smallest absolute Gasteiger partial charge is 0.188 e. The van der Waals surface area contributed by atoms with Gasteiger partial charge in [0.05, 0.1) is 0 Å². The van der Waals surface area contributed by atoms with Gasteiger partial charge in [0.15, 0.2) is 18.4 Å². The first-order valence-electron chi connectivity index (χ1n) is 3.73. The van der Waals surface area contributed by atoms with Gasteiger partial charge in [0, 0.05) is 12.7 Å². The van der Waals surface area contributed by atoms with E-state index in [9.17, 15) is 8.78 Å². The maximum Gasteiger partial charge on any atom is 0.188 e. The summed E-state index contributed by atoms with van der Waals surface area (Å²) in [6.07, 6.45) is 0. The van der Waals surface area contributed by atoms with Crippen LogP contribution in [-0.4, -0.2) is 13.9 Å². The Kier molecular flexibility index (Phi) is 3.19. The van der Waals surface area contributed by atoms with Gasteiger partial charge in [-0.3, -0.25) is 0 Å². The Hall–Kier alpha value is -1.16. The zero-order valence-electron chi connectivity index (χ0n) is 7.43. The van der Waals surface area contributed by atoms with Crippen molar-refractivity contribution >= 4 is 0 Å². The molecule has 0 heterocycles. The van der Waals surface area contributed by atoms with Crippen molar-refractivity contribution in [1.82, 2.24) is 0 Å². The largest absolute Gasteiger partial charge is 0.464 e. The molecule has 0 N–H and O–H groups in total. The minimum absolute atomic E-state index is 0.0955. The Morgan fingerprint density at radius 2 is 1.85 bits per heavy atom. The van der Waals surface area contributed by atoms with Crippen LogP contribution in [0.2, 0.25) is 0 Å². The average molecular weight is 188 g/mol. The molecule has 1 rings (SSSR count). The lowest BCUT2D eigenvalue weighted by atomic mass is 10.2. The Bertz CT molecular complexity index is 300. The van der Waals surface area contributed by atoms with Gasteiger partial charge in [-0.1, -0.05) is 0 Å². The van der Waals surface area contributed by atoms with E-state index in [-0.39, 0.29) is 18.1 Å². The molecule has 1 aromatic rings. The molecule has 1 aromatic carbocycles. The first kappa shape index (κ1) is 9.92. The van der Waals surface area contributed by atoms with Gasteiger partial charge in [0.1, 0.15) is 5.82 Å². The minimum atomic E-state index is -0.587. The molecule has 0 aromatic heterocycles. The van der Waals surface area contributed by atoms with Crippen molar-refractivity contribution < 1.29 is 18.3 Å². The van der Waals surface area contributed by atoms with Gasteiger partial charge in [-0.15, -0.1) is 0 Å². The molecule has 0 fully saturated rings. The summed E-state index contributed by atoms with van der Waals surface area (Å²) in [5.74, 6) is -1.18. The fourth-order valence-electron chi connectivity index (χ4n) is 0.930. The Labute approximate surface area is 75.1 Å². The molecule has 0 aliphatic heterocycles. The highest BCUT2D eigenvalue weighted by Gasteiger charge is 2.10. The molecule has 0 radical (unpaired) electrons. The lowest BCUT2D eigenvalue weighted by Gasteiger charge is -2.08. The monoisotopic (exact) mass is 188 g/mol. The van der Waals surface area contributed by atoms with Crippen LogP contribution in [0.25, 0.3) is 0 Å².